The lowest BCUT2D eigenvalue weighted by molar-refractivity contribution is 0.437. The van der Waals surface area contributed by atoms with Crippen LogP contribution in [-0.2, 0) is 7.05 Å². The van der Waals surface area contributed by atoms with E-state index in [4.69, 9.17) is 23.2 Å². The van der Waals surface area contributed by atoms with Gasteiger partial charge in [0.25, 0.3) is 0 Å². The Hall–Kier alpha value is -1.26. The highest BCUT2D eigenvalue weighted by Crippen LogP contribution is 2.42. The Labute approximate surface area is 95.0 Å². The second kappa shape index (κ2) is 3.40. The SMILES string of the molecule is Cn1c(O)c(N=O)c2ccc(Cl)c(Cl)c21. The van der Waals surface area contributed by atoms with Crippen LogP contribution >= 0.6 is 23.2 Å². The monoisotopic (exact) mass is 244 g/mol. The Morgan fingerprint density at radius 2 is 2.07 bits per heavy atom. The third-order valence-electron chi connectivity index (χ3n) is 2.28. The summed E-state index contributed by atoms with van der Waals surface area (Å²) < 4.78 is 1.38. The first kappa shape index (κ1) is 10.3. The Kier molecular flexibility index (Phi) is 2.32. The zero-order valence-corrected chi connectivity index (χ0v) is 9.17. The maximum atomic E-state index is 10.6. The molecule has 0 atom stereocenters. The highest BCUT2D eigenvalue weighted by atomic mass is 35.5. The third kappa shape index (κ3) is 1.29. The number of halogens is 2. The molecule has 15 heavy (non-hydrogen) atoms. The zero-order valence-electron chi connectivity index (χ0n) is 7.66. The van der Waals surface area contributed by atoms with Crippen LogP contribution in [0.3, 0.4) is 0 Å². The van der Waals surface area contributed by atoms with Crippen molar-refractivity contribution in [2.45, 2.75) is 0 Å². The number of aromatic nitrogens is 1. The van der Waals surface area contributed by atoms with Gasteiger partial charge < -0.3 is 9.67 Å². The van der Waals surface area contributed by atoms with E-state index in [-0.39, 0.29) is 11.6 Å². The molecule has 0 fully saturated rings. The molecule has 0 saturated carbocycles. The number of fused-ring (bicyclic) bond motifs is 1. The van der Waals surface area contributed by atoms with Gasteiger partial charge in [-0.2, -0.15) is 0 Å². The number of benzene rings is 1. The number of aryl methyl sites for hydroxylation is 1. The number of hydrogen-bond donors (Lipinski definition) is 1. The summed E-state index contributed by atoms with van der Waals surface area (Å²) in [6, 6.07) is 3.15. The lowest BCUT2D eigenvalue weighted by Crippen LogP contribution is -1.86. The van der Waals surface area contributed by atoms with Crippen molar-refractivity contribution in [2.75, 3.05) is 0 Å². The van der Waals surface area contributed by atoms with E-state index in [2.05, 4.69) is 5.18 Å². The van der Waals surface area contributed by atoms with Gasteiger partial charge in [0.15, 0.2) is 5.69 Å². The predicted molar refractivity (Wildman–Crippen MR) is 60.1 cm³/mol. The Morgan fingerprint density at radius 3 is 2.67 bits per heavy atom. The fraction of sp³-hybridized carbons (Fsp3) is 0.111. The van der Waals surface area contributed by atoms with Gasteiger partial charge >= 0.3 is 0 Å². The molecule has 0 aliphatic rings. The van der Waals surface area contributed by atoms with E-state index in [9.17, 15) is 10.0 Å². The molecule has 2 aromatic rings. The quantitative estimate of drug-likeness (QED) is 0.780. The molecule has 1 N–H and O–H groups in total. The van der Waals surface area contributed by atoms with E-state index >= 15 is 0 Å². The Balaban J connectivity index is 3.03. The van der Waals surface area contributed by atoms with Crippen molar-refractivity contribution in [1.29, 1.82) is 0 Å². The molecule has 0 spiro atoms. The molecule has 0 bridgehead atoms. The van der Waals surface area contributed by atoms with Crippen LogP contribution < -0.4 is 0 Å². The lowest BCUT2D eigenvalue weighted by atomic mass is 10.2. The molecule has 0 radical (unpaired) electrons. The van der Waals surface area contributed by atoms with Crippen LogP contribution in [0, 0.1) is 4.91 Å². The van der Waals surface area contributed by atoms with Gasteiger partial charge in [0.1, 0.15) is 0 Å². The van der Waals surface area contributed by atoms with Crippen LogP contribution in [0.15, 0.2) is 17.3 Å². The summed E-state index contributed by atoms with van der Waals surface area (Å²) in [6.07, 6.45) is 0. The first-order valence-corrected chi connectivity index (χ1v) is 4.82. The minimum absolute atomic E-state index is 0.0222. The van der Waals surface area contributed by atoms with Crippen LogP contribution in [0.4, 0.5) is 5.69 Å². The average Bonchev–Trinajstić information content (AvgIpc) is 2.46. The van der Waals surface area contributed by atoms with Gasteiger partial charge in [-0.1, -0.05) is 23.2 Å². The van der Waals surface area contributed by atoms with Crippen LogP contribution in [0.25, 0.3) is 10.9 Å². The molecule has 1 aromatic heterocycles. The molecule has 0 aliphatic heterocycles. The standard InChI is InChI=1S/C9H6Cl2N2O2/c1-13-8-4(7(12-15)9(13)14)2-3-5(10)6(8)11/h2-3,14H,1H3. The second-order valence-electron chi connectivity index (χ2n) is 3.08. The highest BCUT2D eigenvalue weighted by molar-refractivity contribution is 6.45. The Morgan fingerprint density at radius 1 is 1.40 bits per heavy atom. The molecular formula is C9H6Cl2N2O2. The molecule has 6 heteroatoms. The highest BCUT2D eigenvalue weighted by Gasteiger charge is 2.18. The van der Waals surface area contributed by atoms with Crippen molar-refractivity contribution in [2.24, 2.45) is 12.2 Å². The maximum absolute atomic E-state index is 10.6. The lowest BCUT2D eigenvalue weighted by Gasteiger charge is -2.00. The van der Waals surface area contributed by atoms with Gasteiger partial charge in [-0.25, -0.2) is 0 Å². The van der Waals surface area contributed by atoms with Gasteiger partial charge in [0.2, 0.25) is 5.88 Å². The van der Waals surface area contributed by atoms with E-state index in [0.717, 1.165) is 0 Å². The molecular weight excluding hydrogens is 239 g/mol. The van der Waals surface area contributed by atoms with Gasteiger partial charge in [0, 0.05) is 12.4 Å². The van der Waals surface area contributed by atoms with E-state index < -0.39 is 0 Å². The first-order chi connectivity index (χ1) is 7.07. The number of nitrogens with zero attached hydrogens (tertiary/aromatic N) is 2. The van der Waals surface area contributed by atoms with Crippen LogP contribution in [-0.4, -0.2) is 9.67 Å². The summed E-state index contributed by atoms with van der Waals surface area (Å²) in [7, 11) is 1.58. The first-order valence-electron chi connectivity index (χ1n) is 4.06. The molecule has 1 heterocycles. The van der Waals surface area contributed by atoms with Gasteiger partial charge in [-0.15, -0.1) is 4.91 Å². The topological polar surface area (TPSA) is 54.6 Å². The molecule has 0 amide bonds. The van der Waals surface area contributed by atoms with Crippen molar-refractivity contribution in [3.05, 3.63) is 27.1 Å². The summed E-state index contributed by atoms with van der Waals surface area (Å²) in [6.45, 7) is 0. The molecule has 0 saturated heterocycles. The molecule has 4 nitrogen and oxygen atoms in total. The van der Waals surface area contributed by atoms with Gasteiger partial charge in [-0.05, 0) is 17.3 Å². The Bertz CT molecular complexity index is 563. The minimum atomic E-state index is -0.218. The minimum Gasteiger partial charge on any atom is -0.493 e. The predicted octanol–water partition coefficient (Wildman–Crippen LogP) is 3.59. The number of nitroso groups, excluding NO2 is 1. The summed E-state index contributed by atoms with van der Waals surface area (Å²) in [5, 5.41) is 13.5. The summed E-state index contributed by atoms with van der Waals surface area (Å²) in [5.41, 5.74) is 0.474. The fourth-order valence-electron chi connectivity index (χ4n) is 1.53. The second-order valence-corrected chi connectivity index (χ2v) is 3.87. The smallest absolute Gasteiger partial charge is 0.222 e. The van der Waals surface area contributed by atoms with Crippen LogP contribution in [0.2, 0.25) is 10.0 Å². The fourth-order valence-corrected chi connectivity index (χ4v) is 1.98. The van der Waals surface area contributed by atoms with Crippen LogP contribution in [0.1, 0.15) is 0 Å². The van der Waals surface area contributed by atoms with E-state index in [1.807, 2.05) is 0 Å². The summed E-state index contributed by atoms with van der Waals surface area (Å²) >= 11 is 11.8. The summed E-state index contributed by atoms with van der Waals surface area (Å²) in [5.74, 6) is -0.218. The molecule has 2 rings (SSSR count). The van der Waals surface area contributed by atoms with Crippen molar-refractivity contribution < 1.29 is 5.11 Å². The van der Waals surface area contributed by atoms with Crippen molar-refractivity contribution in [3.8, 4) is 5.88 Å². The third-order valence-corrected chi connectivity index (χ3v) is 3.07. The van der Waals surface area contributed by atoms with Gasteiger partial charge in [0.05, 0.1) is 15.6 Å². The van der Waals surface area contributed by atoms with E-state index in [0.29, 0.717) is 20.9 Å². The average molecular weight is 245 g/mol. The zero-order chi connectivity index (χ0) is 11.2. The number of rotatable bonds is 1. The molecule has 0 aliphatic carbocycles. The largest absolute Gasteiger partial charge is 0.493 e. The van der Waals surface area contributed by atoms with E-state index in [1.54, 1.807) is 19.2 Å². The van der Waals surface area contributed by atoms with Crippen molar-refractivity contribution in [1.82, 2.24) is 4.57 Å². The number of aromatic hydroxyl groups is 1. The maximum Gasteiger partial charge on any atom is 0.222 e. The normalized spacial score (nSPS) is 10.9. The summed E-state index contributed by atoms with van der Waals surface area (Å²) in [4.78, 5) is 10.6. The molecule has 78 valence electrons. The molecule has 0 unspecified atom stereocenters. The molecule has 1 aromatic carbocycles. The van der Waals surface area contributed by atoms with Crippen molar-refractivity contribution in [3.63, 3.8) is 0 Å². The van der Waals surface area contributed by atoms with E-state index in [1.165, 1.54) is 4.57 Å². The van der Waals surface area contributed by atoms with Crippen LogP contribution in [0.5, 0.6) is 5.88 Å². The van der Waals surface area contributed by atoms with Crippen molar-refractivity contribution >= 4 is 39.8 Å². The van der Waals surface area contributed by atoms with Gasteiger partial charge in [-0.3, -0.25) is 0 Å². The number of hydrogen-bond acceptors (Lipinski definition) is 3.